The zero-order chi connectivity index (χ0) is 9.19. The summed E-state index contributed by atoms with van der Waals surface area (Å²) in [6.07, 6.45) is 1.86. The van der Waals surface area contributed by atoms with Gasteiger partial charge in [0, 0.05) is 4.88 Å². The lowest BCUT2D eigenvalue weighted by Gasteiger charge is -2.22. The Morgan fingerprint density at radius 1 is 1.58 bits per heavy atom. The molecule has 0 aliphatic heterocycles. The summed E-state index contributed by atoms with van der Waals surface area (Å²) in [7, 11) is 0. The maximum absolute atomic E-state index is 10.1. The Morgan fingerprint density at radius 3 is 2.67 bits per heavy atom. The van der Waals surface area contributed by atoms with Crippen molar-refractivity contribution in [3.8, 4) is 0 Å². The van der Waals surface area contributed by atoms with Gasteiger partial charge in [-0.25, -0.2) is 0 Å². The van der Waals surface area contributed by atoms with Crippen molar-refractivity contribution in [2.24, 2.45) is 0 Å². The van der Waals surface area contributed by atoms with E-state index in [0.29, 0.717) is 0 Å². The summed E-state index contributed by atoms with van der Waals surface area (Å²) < 4.78 is 0. The molecule has 1 heterocycles. The molecule has 0 unspecified atom stereocenters. The van der Waals surface area contributed by atoms with E-state index >= 15 is 0 Å². The minimum absolute atomic E-state index is 0.618. The third kappa shape index (κ3) is 1.87. The normalized spacial score (nSPS) is 16.0. The largest absolute Gasteiger partial charge is 0.385 e. The van der Waals surface area contributed by atoms with E-state index in [1.165, 1.54) is 5.56 Å². The molecular formula is C10H16OS. The zero-order valence-corrected chi connectivity index (χ0v) is 8.74. The van der Waals surface area contributed by atoms with Gasteiger partial charge in [0.05, 0.1) is 5.60 Å². The molecule has 2 heteroatoms. The van der Waals surface area contributed by atoms with Crippen molar-refractivity contribution in [2.45, 2.75) is 39.2 Å². The predicted molar refractivity (Wildman–Crippen MR) is 53.5 cm³/mol. The highest BCUT2D eigenvalue weighted by Gasteiger charge is 2.24. The van der Waals surface area contributed by atoms with Gasteiger partial charge in [0.2, 0.25) is 0 Å². The predicted octanol–water partition coefficient (Wildman–Crippen LogP) is 3.06. The second kappa shape index (κ2) is 3.58. The van der Waals surface area contributed by atoms with Gasteiger partial charge in [-0.2, -0.15) is 0 Å². The molecule has 0 aliphatic rings. The third-order valence-electron chi connectivity index (χ3n) is 2.09. The Morgan fingerprint density at radius 2 is 2.25 bits per heavy atom. The van der Waals surface area contributed by atoms with Crippen molar-refractivity contribution in [1.82, 2.24) is 0 Å². The van der Waals surface area contributed by atoms with Crippen molar-refractivity contribution in [2.75, 3.05) is 0 Å². The van der Waals surface area contributed by atoms with Crippen LogP contribution in [-0.4, -0.2) is 5.11 Å². The molecule has 0 bridgehead atoms. The highest BCUT2D eigenvalue weighted by Crippen LogP contribution is 2.32. The average molecular weight is 184 g/mol. The summed E-state index contributed by atoms with van der Waals surface area (Å²) in [6.45, 7) is 6.04. The minimum Gasteiger partial charge on any atom is -0.385 e. The number of hydrogen-bond acceptors (Lipinski definition) is 2. The van der Waals surface area contributed by atoms with Gasteiger partial charge in [0.15, 0.2) is 0 Å². The van der Waals surface area contributed by atoms with Gasteiger partial charge >= 0.3 is 0 Å². The third-order valence-corrected chi connectivity index (χ3v) is 3.36. The summed E-state index contributed by atoms with van der Waals surface area (Å²) in [5.74, 6) is 0. The van der Waals surface area contributed by atoms with E-state index in [1.54, 1.807) is 11.3 Å². The van der Waals surface area contributed by atoms with Crippen LogP contribution in [0.25, 0.3) is 0 Å². The fourth-order valence-corrected chi connectivity index (χ4v) is 2.54. The van der Waals surface area contributed by atoms with Crippen LogP contribution in [0.5, 0.6) is 0 Å². The molecular weight excluding hydrogens is 168 g/mol. The average Bonchev–Trinajstić information content (AvgIpc) is 2.35. The molecule has 12 heavy (non-hydrogen) atoms. The lowest BCUT2D eigenvalue weighted by atomic mass is 9.96. The topological polar surface area (TPSA) is 20.2 Å². The van der Waals surface area contributed by atoms with Crippen molar-refractivity contribution < 1.29 is 5.11 Å². The Balaban J connectivity index is 2.88. The molecule has 0 radical (unpaired) electrons. The molecule has 0 spiro atoms. The number of rotatable bonds is 3. The number of aryl methyl sites for hydroxylation is 1. The molecule has 1 rings (SSSR count). The van der Waals surface area contributed by atoms with Crippen LogP contribution in [0.4, 0.5) is 0 Å². The summed E-state index contributed by atoms with van der Waals surface area (Å²) in [4.78, 5) is 1.12. The van der Waals surface area contributed by atoms with Gasteiger partial charge in [-0.15, -0.1) is 11.3 Å². The van der Waals surface area contributed by atoms with Crippen molar-refractivity contribution >= 4 is 11.3 Å². The molecule has 1 aromatic heterocycles. The molecule has 0 aromatic carbocycles. The Hall–Kier alpha value is -0.340. The number of aliphatic hydroxyl groups is 1. The van der Waals surface area contributed by atoms with Gasteiger partial charge in [-0.1, -0.05) is 13.3 Å². The van der Waals surface area contributed by atoms with Crippen LogP contribution in [0.15, 0.2) is 11.4 Å². The number of hydrogen-bond donors (Lipinski definition) is 1. The van der Waals surface area contributed by atoms with Gasteiger partial charge in [-0.3, -0.25) is 0 Å². The van der Waals surface area contributed by atoms with Gasteiger partial charge < -0.3 is 5.11 Å². The van der Waals surface area contributed by atoms with Crippen LogP contribution < -0.4 is 0 Å². The van der Waals surface area contributed by atoms with E-state index in [2.05, 4.69) is 19.9 Å². The first-order valence-electron chi connectivity index (χ1n) is 4.35. The number of thiophene rings is 1. The van der Waals surface area contributed by atoms with E-state index in [0.717, 1.165) is 17.7 Å². The smallest absolute Gasteiger partial charge is 0.0962 e. The maximum atomic E-state index is 10.1. The fourth-order valence-electron chi connectivity index (χ4n) is 1.52. The molecule has 1 nitrogen and oxygen atoms in total. The quantitative estimate of drug-likeness (QED) is 0.765. The zero-order valence-electron chi connectivity index (χ0n) is 7.92. The molecule has 1 atom stereocenters. The molecule has 68 valence electrons. The lowest BCUT2D eigenvalue weighted by Crippen LogP contribution is -2.19. The second-order valence-corrected chi connectivity index (χ2v) is 4.37. The van der Waals surface area contributed by atoms with Crippen molar-refractivity contribution in [3.63, 3.8) is 0 Å². The second-order valence-electron chi connectivity index (χ2n) is 3.46. The van der Waals surface area contributed by atoms with Crippen LogP contribution in [0, 0.1) is 6.92 Å². The minimum atomic E-state index is -0.618. The standard InChI is InChI=1S/C10H16OS/c1-4-6-10(3,11)9-8(2)5-7-12-9/h5,7,11H,4,6H2,1-3H3/t10-/m0/s1. The van der Waals surface area contributed by atoms with Gasteiger partial charge in [0.25, 0.3) is 0 Å². The van der Waals surface area contributed by atoms with Gasteiger partial charge in [-0.05, 0) is 37.3 Å². The maximum Gasteiger partial charge on any atom is 0.0962 e. The van der Waals surface area contributed by atoms with Crippen LogP contribution in [0.2, 0.25) is 0 Å². The Labute approximate surface area is 78.1 Å². The fraction of sp³-hybridized carbons (Fsp3) is 0.600. The van der Waals surface area contributed by atoms with Crippen LogP contribution >= 0.6 is 11.3 Å². The molecule has 1 aromatic rings. The van der Waals surface area contributed by atoms with E-state index in [1.807, 2.05) is 12.3 Å². The van der Waals surface area contributed by atoms with Crippen LogP contribution in [0.1, 0.15) is 37.1 Å². The highest BCUT2D eigenvalue weighted by atomic mass is 32.1. The molecule has 1 N–H and O–H groups in total. The van der Waals surface area contributed by atoms with Crippen molar-refractivity contribution in [3.05, 3.63) is 21.9 Å². The first-order valence-corrected chi connectivity index (χ1v) is 5.23. The molecule has 0 aliphatic carbocycles. The molecule has 0 amide bonds. The monoisotopic (exact) mass is 184 g/mol. The summed E-state index contributed by atoms with van der Waals surface area (Å²) in [5, 5.41) is 12.1. The van der Waals surface area contributed by atoms with Crippen LogP contribution in [0.3, 0.4) is 0 Å². The lowest BCUT2D eigenvalue weighted by molar-refractivity contribution is 0.0502. The SMILES string of the molecule is CCC[C@](C)(O)c1sccc1C. The summed E-state index contributed by atoms with van der Waals surface area (Å²) in [6, 6.07) is 2.06. The molecule has 0 saturated heterocycles. The van der Waals surface area contributed by atoms with E-state index in [-0.39, 0.29) is 0 Å². The first-order chi connectivity index (χ1) is 5.58. The highest BCUT2D eigenvalue weighted by molar-refractivity contribution is 7.10. The van der Waals surface area contributed by atoms with E-state index in [4.69, 9.17) is 0 Å². The van der Waals surface area contributed by atoms with Gasteiger partial charge in [0.1, 0.15) is 0 Å². The van der Waals surface area contributed by atoms with E-state index < -0.39 is 5.60 Å². The first kappa shape index (κ1) is 9.75. The Bertz CT molecular complexity index is 250. The molecule has 0 saturated carbocycles. The molecule has 0 fully saturated rings. The van der Waals surface area contributed by atoms with Crippen LogP contribution in [-0.2, 0) is 5.60 Å². The Kier molecular flexibility index (Phi) is 2.91. The summed E-state index contributed by atoms with van der Waals surface area (Å²) in [5.41, 5.74) is 0.589. The summed E-state index contributed by atoms with van der Waals surface area (Å²) >= 11 is 1.65. The van der Waals surface area contributed by atoms with E-state index in [9.17, 15) is 5.11 Å². The van der Waals surface area contributed by atoms with Crippen molar-refractivity contribution in [1.29, 1.82) is 0 Å².